The molecule has 0 aromatic heterocycles. The van der Waals surface area contributed by atoms with Crippen LogP contribution in [-0.2, 0) is 0 Å². The molecule has 0 amide bonds. The summed E-state index contributed by atoms with van der Waals surface area (Å²) in [5.74, 6) is 0. The largest absolute Gasteiger partial charge is 0.354 e. The zero-order valence-corrected chi connectivity index (χ0v) is 12.7. The molecule has 0 saturated carbocycles. The highest BCUT2D eigenvalue weighted by atomic mass is 32.2. The monoisotopic (exact) mass is 299 g/mol. The number of rotatable bonds is 0. The van der Waals surface area contributed by atoms with Crippen LogP contribution in [0.3, 0.4) is 0 Å². The van der Waals surface area contributed by atoms with E-state index in [0.717, 1.165) is 0 Å². The van der Waals surface area contributed by atoms with E-state index in [-0.39, 0.29) is 0 Å². The van der Waals surface area contributed by atoms with Gasteiger partial charge >= 0.3 is 0 Å². The Kier molecular flexibility index (Phi) is 2.49. The first-order valence-corrected chi connectivity index (χ1v) is 8.20. The third-order valence-corrected chi connectivity index (χ3v) is 5.52. The molecule has 0 spiro atoms. The Morgan fingerprint density at radius 3 is 1.59 bits per heavy atom. The summed E-state index contributed by atoms with van der Waals surface area (Å²) in [4.78, 5) is 2.64. The molecule has 4 aromatic carbocycles. The van der Waals surface area contributed by atoms with Crippen LogP contribution in [0.4, 0.5) is 11.4 Å². The van der Waals surface area contributed by atoms with E-state index >= 15 is 0 Å². The molecule has 0 radical (unpaired) electrons. The van der Waals surface area contributed by atoms with E-state index < -0.39 is 0 Å². The van der Waals surface area contributed by atoms with E-state index in [0.29, 0.717) is 0 Å². The second-order valence-electron chi connectivity index (χ2n) is 5.55. The first kappa shape index (κ1) is 12.1. The molecule has 1 aliphatic heterocycles. The molecule has 1 nitrogen and oxygen atoms in total. The average Bonchev–Trinajstić information content (AvgIpc) is 2.60. The zero-order chi connectivity index (χ0) is 14.5. The second-order valence-corrected chi connectivity index (χ2v) is 6.57. The maximum absolute atomic E-state index is 3.60. The highest BCUT2D eigenvalue weighted by Crippen LogP contribution is 2.49. The summed E-state index contributed by atoms with van der Waals surface area (Å²) in [6, 6.07) is 25.9. The van der Waals surface area contributed by atoms with Crippen LogP contribution in [0.1, 0.15) is 0 Å². The molecule has 1 aliphatic rings. The summed E-state index contributed by atoms with van der Waals surface area (Å²) in [7, 11) is 0. The number of hydrogen-bond donors (Lipinski definition) is 1. The first-order chi connectivity index (χ1) is 10.9. The van der Waals surface area contributed by atoms with E-state index in [1.165, 1.54) is 42.7 Å². The minimum Gasteiger partial charge on any atom is -0.354 e. The smallest absolute Gasteiger partial charge is 0.0532 e. The predicted octanol–water partition coefficient (Wildman–Crippen LogP) is 6.20. The molecule has 0 saturated heterocycles. The van der Waals surface area contributed by atoms with Crippen molar-refractivity contribution in [2.24, 2.45) is 0 Å². The van der Waals surface area contributed by atoms with Crippen molar-refractivity contribution in [3.63, 3.8) is 0 Å². The molecule has 2 heteroatoms. The third kappa shape index (κ3) is 1.68. The van der Waals surface area contributed by atoms with E-state index in [1.54, 1.807) is 0 Å². The van der Waals surface area contributed by atoms with Gasteiger partial charge in [0.1, 0.15) is 0 Å². The topological polar surface area (TPSA) is 12.0 Å². The van der Waals surface area contributed by atoms with Gasteiger partial charge < -0.3 is 5.32 Å². The summed E-state index contributed by atoms with van der Waals surface area (Å²) in [5.41, 5.74) is 2.40. The van der Waals surface area contributed by atoms with Crippen LogP contribution < -0.4 is 5.32 Å². The average molecular weight is 299 g/mol. The van der Waals surface area contributed by atoms with Gasteiger partial charge in [-0.05, 0) is 33.7 Å². The van der Waals surface area contributed by atoms with E-state index in [4.69, 9.17) is 0 Å². The third-order valence-electron chi connectivity index (χ3n) is 4.23. The molecule has 5 rings (SSSR count). The predicted molar refractivity (Wildman–Crippen MR) is 95.3 cm³/mol. The van der Waals surface area contributed by atoms with Gasteiger partial charge in [0.25, 0.3) is 0 Å². The summed E-state index contributed by atoms with van der Waals surface area (Å²) < 4.78 is 0. The van der Waals surface area contributed by atoms with Crippen LogP contribution in [-0.4, -0.2) is 0 Å². The molecule has 0 unspecified atom stereocenters. The highest BCUT2D eigenvalue weighted by molar-refractivity contribution is 8.00. The SMILES string of the molecule is c1ccc2c3c(ccc2c1)Nc1ccc2ccccc2c1S3. The lowest BCUT2D eigenvalue weighted by atomic mass is 10.1. The summed E-state index contributed by atoms with van der Waals surface area (Å²) in [6.45, 7) is 0. The van der Waals surface area contributed by atoms with Crippen LogP contribution in [0.25, 0.3) is 21.5 Å². The molecule has 1 N–H and O–H groups in total. The van der Waals surface area contributed by atoms with Crippen molar-refractivity contribution in [3.05, 3.63) is 72.8 Å². The van der Waals surface area contributed by atoms with Crippen LogP contribution >= 0.6 is 11.8 Å². The van der Waals surface area contributed by atoms with Gasteiger partial charge in [-0.1, -0.05) is 72.4 Å². The van der Waals surface area contributed by atoms with Crippen LogP contribution in [0, 0.1) is 0 Å². The van der Waals surface area contributed by atoms with Crippen molar-refractivity contribution >= 4 is 44.7 Å². The van der Waals surface area contributed by atoms with Crippen molar-refractivity contribution in [3.8, 4) is 0 Å². The Labute approximate surface area is 133 Å². The molecule has 0 fully saturated rings. The van der Waals surface area contributed by atoms with Gasteiger partial charge in [-0.2, -0.15) is 0 Å². The molecule has 4 aromatic rings. The maximum Gasteiger partial charge on any atom is 0.0532 e. The van der Waals surface area contributed by atoms with Gasteiger partial charge in [0.2, 0.25) is 0 Å². The Hall–Kier alpha value is -2.45. The maximum atomic E-state index is 3.60. The molecule has 104 valence electrons. The molecular formula is C20H13NS. The molecule has 0 atom stereocenters. The Morgan fingerprint density at radius 1 is 0.545 bits per heavy atom. The minimum atomic E-state index is 1.20. The molecule has 22 heavy (non-hydrogen) atoms. The fourth-order valence-electron chi connectivity index (χ4n) is 3.15. The zero-order valence-electron chi connectivity index (χ0n) is 11.8. The van der Waals surface area contributed by atoms with Gasteiger partial charge in [0, 0.05) is 9.79 Å². The molecule has 0 bridgehead atoms. The van der Waals surface area contributed by atoms with Crippen LogP contribution in [0.2, 0.25) is 0 Å². The van der Waals surface area contributed by atoms with Crippen molar-refractivity contribution in [2.45, 2.75) is 9.79 Å². The lowest BCUT2D eigenvalue weighted by Gasteiger charge is -2.23. The lowest BCUT2D eigenvalue weighted by Crippen LogP contribution is -2.00. The van der Waals surface area contributed by atoms with Gasteiger partial charge in [0.15, 0.2) is 0 Å². The fraction of sp³-hybridized carbons (Fsp3) is 0. The number of benzene rings is 4. The molecule has 1 heterocycles. The van der Waals surface area contributed by atoms with Crippen LogP contribution in [0.5, 0.6) is 0 Å². The molecular weight excluding hydrogens is 286 g/mol. The first-order valence-electron chi connectivity index (χ1n) is 7.38. The van der Waals surface area contributed by atoms with Crippen molar-refractivity contribution in [2.75, 3.05) is 5.32 Å². The van der Waals surface area contributed by atoms with Crippen molar-refractivity contribution in [1.29, 1.82) is 0 Å². The number of hydrogen-bond acceptors (Lipinski definition) is 2. The van der Waals surface area contributed by atoms with Gasteiger partial charge in [-0.15, -0.1) is 0 Å². The summed E-state index contributed by atoms with van der Waals surface area (Å²) in [5, 5.41) is 8.82. The number of nitrogens with one attached hydrogen (secondary N) is 1. The van der Waals surface area contributed by atoms with Crippen LogP contribution in [0.15, 0.2) is 82.6 Å². The lowest BCUT2D eigenvalue weighted by molar-refractivity contribution is 1.37. The number of fused-ring (bicyclic) bond motifs is 6. The fourth-order valence-corrected chi connectivity index (χ4v) is 4.40. The minimum absolute atomic E-state index is 1.20. The standard InChI is InChI=1S/C20H13NS/c1-3-7-15-13(5-1)9-11-17-19(15)22-20-16-8-4-2-6-14(16)10-12-18(20)21-17/h1-12,21H. The van der Waals surface area contributed by atoms with E-state index in [1.807, 2.05) is 11.8 Å². The Bertz CT molecular complexity index is 953. The van der Waals surface area contributed by atoms with E-state index in [9.17, 15) is 0 Å². The van der Waals surface area contributed by atoms with Crippen molar-refractivity contribution in [1.82, 2.24) is 0 Å². The van der Waals surface area contributed by atoms with Gasteiger partial charge in [0.05, 0.1) is 11.4 Å². The summed E-state index contributed by atoms with van der Waals surface area (Å²) >= 11 is 1.88. The summed E-state index contributed by atoms with van der Waals surface area (Å²) in [6.07, 6.45) is 0. The number of anilines is 2. The van der Waals surface area contributed by atoms with Gasteiger partial charge in [-0.25, -0.2) is 0 Å². The van der Waals surface area contributed by atoms with Crippen molar-refractivity contribution < 1.29 is 0 Å². The molecule has 0 aliphatic carbocycles. The van der Waals surface area contributed by atoms with Gasteiger partial charge in [-0.3, -0.25) is 0 Å². The quantitative estimate of drug-likeness (QED) is 0.365. The highest BCUT2D eigenvalue weighted by Gasteiger charge is 2.19. The Morgan fingerprint density at radius 2 is 1.05 bits per heavy atom. The van der Waals surface area contributed by atoms with E-state index in [2.05, 4.69) is 78.1 Å². The second kappa shape index (κ2) is 4.52. The normalized spacial score (nSPS) is 12.7. The Balaban J connectivity index is 1.80.